The third-order valence-electron chi connectivity index (χ3n) is 1.49. The minimum Gasteiger partial charge on any atom is -0.460 e. The maximum atomic E-state index is 11.2. The van der Waals surface area contributed by atoms with Gasteiger partial charge in [-0.25, -0.2) is 4.79 Å². The summed E-state index contributed by atoms with van der Waals surface area (Å²) >= 11 is 3.35. The molecule has 4 nitrogen and oxygen atoms in total. The van der Waals surface area contributed by atoms with Crippen LogP contribution in [0.3, 0.4) is 0 Å². The van der Waals surface area contributed by atoms with E-state index in [-0.39, 0.29) is 10.5 Å². The number of rotatable bonds is 4. The standard InChI is InChI=1S/C8H10BrNO3/c1-2-6(9)5-12-8(11)7-3-4-13-10-7/h3-4,6H,2,5H2,1H3. The summed E-state index contributed by atoms with van der Waals surface area (Å²) in [5.74, 6) is -0.452. The number of hydrogen-bond acceptors (Lipinski definition) is 4. The lowest BCUT2D eigenvalue weighted by Gasteiger charge is -2.05. The molecular formula is C8H10BrNO3. The summed E-state index contributed by atoms with van der Waals surface area (Å²) in [5, 5.41) is 3.46. The molecule has 1 atom stereocenters. The zero-order valence-corrected chi connectivity index (χ0v) is 8.78. The number of hydrogen-bond donors (Lipinski definition) is 0. The van der Waals surface area contributed by atoms with Gasteiger partial charge in [0.25, 0.3) is 0 Å². The lowest BCUT2D eigenvalue weighted by Crippen LogP contribution is -2.13. The van der Waals surface area contributed by atoms with Crippen molar-refractivity contribution in [2.24, 2.45) is 0 Å². The van der Waals surface area contributed by atoms with Crippen molar-refractivity contribution in [2.45, 2.75) is 18.2 Å². The highest BCUT2D eigenvalue weighted by molar-refractivity contribution is 9.09. The van der Waals surface area contributed by atoms with Crippen LogP contribution in [0.2, 0.25) is 0 Å². The van der Waals surface area contributed by atoms with Crippen LogP contribution in [-0.4, -0.2) is 22.6 Å². The Kier molecular flexibility index (Phi) is 3.95. The Morgan fingerprint density at radius 3 is 3.15 bits per heavy atom. The molecule has 13 heavy (non-hydrogen) atoms. The van der Waals surface area contributed by atoms with Crippen molar-refractivity contribution in [3.8, 4) is 0 Å². The third kappa shape index (κ3) is 3.18. The largest absolute Gasteiger partial charge is 0.460 e. The van der Waals surface area contributed by atoms with E-state index in [9.17, 15) is 4.79 Å². The Morgan fingerprint density at radius 1 is 1.85 bits per heavy atom. The molecule has 0 aliphatic rings. The summed E-state index contributed by atoms with van der Waals surface area (Å²) in [5.41, 5.74) is 0.204. The third-order valence-corrected chi connectivity index (χ3v) is 2.40. The lowest BCUT2D eigenvalue weighted by molar-refractivity contribution is 0.0495. The topological polar surface area (TPSA) is 52.3 Å². The molecule has 1 heterocycles. The van der Waals surface area contributed by atoms with E-state index in [1.807, 2.05) is 6.92 Å². The minimum absolute atomic E-state index is 0.198. The molecule has 0 spiro atoms. The van der Waals surface area contributed by atoms with Crippen LogP contribution in [0.25, 0.3) is 0 Å². The van der Waals surface area contributed by atoms with Crippen molar-refractivity contribution in [3.05, 3.63) is 18.0 Å². The van der Waals surface area contributed by atoms with Crippen LogP contribution in [-0.2, 0) is 4.74 Å². The molecule has 72 valence electrons. The molecule has 1 unspecified atom stereocenters. The maximum absolute atomic E-state index is 11.2. The SMILES string of the molecule is CCC(Br)COC(=O)c1ccon1. The van der Waals surface area contributed by atoms with E-state index in [2.05, 4.69) is 25.6 Å². The molecule has 0 amide bonds. The lowest BCUT2D eigenvalue weighted by atomic mass is 10.3. The predicted octanol–water partition coefficient (Wildman–Crippen LogP) is 2.00. The van der Waals surface area contributed by atoms with Crippen molar-refractivity contribution in [1.29, 1.82) is 0 Å². The monoisotopic (exact) mass is 247 g/mol. The van der Waals surface area contributed by atoms with Crippen LogP contribution in [0.5, 0.6) is 0 Å². The first-order valence-electron chi connectivity index (χ1n) is 3.95. The van der Waals surface area contributed by atoms with Gasteiger partial charge in [0.2, 0.25) is 0 Å². The number of carbonyl (C=O) groups excluding carboxylic acids is 1. The van der Waals surface area contributed by atoms with Gasteiger partial charge in [0.15, 0.2) is 5.69 Å². The first kappa shape index (κ1) is 10.2. The zero-order chi connectivity index (χ0) is 9.68. The molecule has 0 aliphatic carbocycles. The molecule has 5 heteroatoms. The Morgan fingerprint density at radius 2 is 2.62 bits per heavy atom. The molecule has 0 aromatic carbocycles. The highest BCUT2D eigenvalue weighted by Crippen LogP contribution is 2.06. The van der Waals surface area contributed by atoms with Crippen molar-refractivity contribution in [3.63, 3.8) is 0 Å². The molecule has 0 N–H and O–H groups in total. The van der Waals surface area contributed by atoms with Crippen molar-refractivity contribution in [1.82, 2.24) is 5.16 Å². The molecule has 0 saturated heterocycles. The fraction of sp³-hybridized carbons (Fsp3) is 0.500. The van der Waals surface area contributed by atoms with E-state index >= 15 is 0 Å². The van der Waals surface area contributed by atoms with Gasteiger partial charge in [-0.15, -0.1) is 0 Å². The first-order valence-corrected chi connectivity index (χ1v) is 4.87. The number of halogens is 1. The number of nitrogens with zero attached hydrogens (tertiary/aromatic N) is 1. The number of esters is 1. The summed E-state index contributed by atoms with van der Waals surface area (Å²) in [4.78, 5) is 11.4. The van der Waals surface area contributed by atoms with E-state index in [0.29, 0.717) is 6.61 Å². The van der Waals surface area contributed by atoms with Crippen molar-refractivity contribution in [2.75, 3.05) is 6.61 Å². The number of aromatic nitrogens is 1. The summed E-state index contributed by atoms with van der Waals surface area (Å²) in [7, 11) is 0. The van der Waals surface area contributed by atoms with Crippen LogP contribution in [0.4, 0.5) is 0 Å². The second-order valence-electron chi connectivity index (χ2n) is 2.49. The van der Waals surface area contributed by atoms with Gasteiger partial charge in [0, 0.05) is 10.9 Å². The Labute approximate surface area is 84.4 Å². The number of ether oxygens (including phenoxy) is 1. The van der Waals surface area contributed by atoms with E-state index in [4.69, 9.17) is 4.74 Å². The van der Waals surface area contributed by atoms with Crippen LogP contribution in [0.1, 0.15) is 23.8 Å². The highest BCUT2D eigenvalue weighted by Gasteiger charge is 2.11. The van der Waals surface area contributed by atoms with Gasteiger partial charge in [-0.2, -0.15) is 0 Å². The number of carbonyl (C=O) groups is 1. The Hall–Kier alpha value is -0.840. The second-order valence-corrected chi connectivity index (χ2v) is 3.78. The maximum Gasteiger partial charge on any atom is 0.360 e. The fourth-order valence-corrected chi connectivity index (χ4v) is 0.808. The molecule has 0 saturated carbocycles. The van der Waals surface area contributed by atoms with E-state index in [0.717, 1.165) is 6.42 Å². The molecule has 1 aromatic rings. The molecule has 0 bridgehead atoms. The average molecular weight is 248 g/mol. The van der Waals surface area contributed by atoms with Gasteiger partial charge in [0.05, 0.1) is 0 Å². The van der Waals surface area contributed by atoms with Gasteiger partial charge in [-0.3, -0.25) is 0 Å². The molecule has 1 rings (SSSR count). The molecule has 0 radical (unpaired) electrons. The average Bonchev–Trinajstić information content (AvgIpc) is 2.66. The van der Waals surface area contributed by atoms with Gasteiger partial charge < -0.3 is 9.26 Å². The van der Waals surface area contributed by atoms with Crippen LogP contribution in [0.15, 0.2) is 16.9 Å². The van der Waals surface area contributed by atoms with Crippen molar-refractivity contribution < 1.29 is 14.1 Å². The summed E-state index contributed by atoms with van der Waals surface area (Å²) in [6.45, 7) is 2.35. The summed E-state index contributed by atoms with van der Waals surface area (Å²) in [6, 6.07) is 1.47. The predicted molar refractivity (Wildman–Crippen MR) is 49.8 cm³/mol. The Balaban J connectivity index is 2.35. The fourth-order valence-electron chi connectivity index (χ4n) is 0.676. The second kappa shape index (κ2) is 5.01. The first-order chi connectivity index (χ1) is 6.24. The van der Waals surface area contributed by atoms with Gasteiger partial charge in [0.1, 0.15) is 12.9 Å². The normalized spacial score (nSPS) is 12.5. The van der Waals surface area contributed by atoms with Gasteiger partial charge in [-0.1, -0.05) is 28.0 Å². The highest BCUT2D eigenvalue weighted by atomic mass is 79.9. The van der Waals surface area contributed by atoms with Gasteiger partial charge >= 0.3 is 5.97 Å². The van der Waals surface area contributed by atoms with E-state index in [1.54, 1.807) is 0 Å². The molecular weight excluding hydrogens is 238 g/mol. The number of alkyl halides is 1. The Bertz CT molecular complexity index is 260. The van der Waals surface area contributed by atoms with Crippen LogP contribution >= 0.6 is 15.9 Å². The zero-order valence-electron chi connectivity index (χ0n) is 7.20. The van der Waals surface area contributed by atoms with Crippen molar-refractivity contribution >= 4 is 21.9 Å². The van der Waals surface area contributed by atoms with E-state index in [1.165, 1.54) is 12.3 Å². The minimum atomic E-state index is -0.452. The quantitative estimate of drug-likeness (QED) is 0.604. The smallest absolute Gasteiger partial charge is 0.360 e. The van der Waals surface area contributed by atoms with E-state index < -0.39 is 5.97 Å². The van der Waals surface area contributed by atoms with Crippen LogP contribution < -0.4 is 0 Å². The summed E-state index contributed by atoms with van der Waals surface area (Å²) < 4.78 is 9.44. The molecule has 0 aliphatic heterocycles. The van der Waals surface area contributed by atoms with Crippen LogP contribution in [0, 0.1) is 0 Å². The van der Waals surface area contributed by atoms with Gasteiger partial charge in [-0.05, 0) is 6.42 Å². The molecule has 0 fully saturated rings. The summed E-state index contributed by atoms with van der Waals surface area (Å²) in [6.07, 6.45) is 2.24. The molecule has 1 aromatic heterocycles.